The van der Waals surface area contributed by atoms with Crippen molar-refractivity contribution in [2.45, 2.75) is 78.6 Å². The first-order valence-electron chi connectivity index (χ1n) is 10.6. The normalized spacial score (nSPS) is 15.7. The highest BCUT2D eigenvalue weighted by Crippen LogP contribution is 2.31. The van der Waals surface area contributed by atoms with Gasteiger partial charge in [0, 0.05) is 43.5 Å². The molecule has 0 bridgehead atoms. The van der Waals surface area contributed by atoms with Crippen molar-refractivity contribution >= 4 is 22.8 Å². The van der Waals surface area contributed by atoms with Gasteiger partial charge >= 0.3 is 6.09 Å². The summed E-state index contributed by atoms with van der Waals surface area (Å²) in [5.41, 5.74) is 9.66. The number of fused-ring (bicyclic) bond motifs is 1. The zero-order valence-corrected chi connectivity index (χ0v) is 18.3. The van der Waals surface area contributed by atoms with Crippen LogP contribution in [0.1, 0.15) is 58.7 Å². The van der Waals surface area contributed by atoms with Crippen LogP contribution in [-0.4, -0.2) is 50.5 Å². The van der Waals surface area contributed by atoms with Gasteiger partial charge in [-0.05, 0) is 47.0 Å². The lowest BCUT2D eigenvalue weighted by molar-refractivity contribution is 0.0210. The molecule has 8 heteroatoms. The van der Waals surface area contributed by atoms with Crippen LogP contribution in [0.15, 0.2) is 6.20 Å². The fourth-order valence-corrected chi connectivity index (χ4v) is 3.82. The number of aromatic nitrogens is 3. The highest BCUT2D eigenvalue weighted by molar-refractivity contribution is 5.91. The van der Waals surface area contributed by atoms with Crippen molar-refractivity contribution in [3.8, 4) is 0 Å². The number of nitrogens with one attached hydrogen (secondary N) is 1. The molecule has 0 saturated carbocycles. The summed E-state index contributed by atoms with van der Waals surface area (Å²) < 4.78 is 7.42. The minimum atomic E-state index is -0.471. The van der Waals surface area contributed by atoms with Gasteiger partial charge in [0.15, 0.2) is 5.65 Å². The number of nitrogens with zero attached hydrogens (tertiary/aromatic N) is 4. The van der Waals surface area contributed by atoms with Crippen LogP contribution in [0.25, 0.3) is 11.0 Å². The van der Waals surface area contributed by atoms with Crippen LogP contribution in [0, 0.1) is 0 Å². The smallest absolute Gasteiger partial charge is 0.410 e. The summed E-state index contributed by atoms with van der Waals surface area (Å²) in [5.74, 6) is 0. The third-order valence-corrected chi connectivity index (χ3v) is 5.31. The minimum absolute atomic E-state index is 0.234. The van der Waals surface area contributed by atoms with E-state index in [1.165, 1.54) is 0 Å². The lowest BCUT2D eigenvalue weighted by Crippen LogP contribution is -2.44. The second-order valence-corrected chi connectivity index (χ2v) is 8.55. The minimum Gasteiger partial charge on any atom is -0.444 e. The molecule has 0 radical (unpaired) electrons. The number of hydrogen-bond donors (Lipinski definition) is 2. The summed E-state index contributed by atoms with van der Waals surface area (Å²) in [6, 6.07) is 0.263. The van der Waals surface area contributed by atoms with E-state index < -0.39 is 5.60 Å². The van der Waals surface area contributed by atoms with E-state index in [4.69, 9.17) is 15.5 Å². The van der Waals surface area contributed by atoms with Crippen molar-refractivity contribution in [3.63, 3.8) is 0 Å². The monoisotopic (exact) mass is 402 g/mol. The Hall–Kier alpha value is -2.35. The first-order valence-corrected chi connectivity index (χ1v) is 10.6. The number of nitrogens with two attached hydrogens (primary N) is 1. The second-order valence-electron chi connectivity index (χ2n) is 8.55. The number of likely N-dealkylation sites (tertiary alicyclic amines) is 1. The Morgan fingerprint density at radius 1 is 1.31 bits per heavy atom. The van der Waals surface area contributed by atoms with Gasteiger partial charge < -0.3 is 20.7 Å². The summed E-state index contributed by atoms with van der Waals surface area (Å²) in [7, 11) is 0. The summed E-state index contributed by atoms with van der Waals surface area (Å²) in [6.07, 6.45) is 4.18. The summed E-state index contributed by atoms with van der Waals surface area (Å²) in [4.78, 5) is 18.9. The zero-order chi connectivity index (χ0) is 21.2. The van der Waals surface area contributed by atoms with Crippen LogP contribution < -0.4 is 11.1 Å². The first-order chi connectivity index (χ1) is 13.8. The number of anilines is 1. The van der Waals surface area contributed by atoms with Gasteiger partial charge in [0.1, 0.15) is 5.60 Å². The van der Waals surface area contributed by atoms with Crippen molar-refractivity contribution in [2.75, 3.05) is 18.4 Å². The van der Waals surface area contributed by atoms with Crippen LogP contribution in [0.5, 0.6) is 0 Å². The lowest BCUT2D eigenvalue weighted by Gasteiger charge is -2.34. The molecule has 3 N–H and O–H groups in total. The van der Waals surface area contributed by atoms with E-state index in [0.717, 1.165) is 53.8 Å². The molecule has 1 amide bonds. The van der Waals surface area contributed by atoms with Crippen LogP contribution in [0.4, 0.5) is 10.5 Å². The lowest BCUT2D eigenvalue weighted by atomic mass is 10.0. The maximum absolute atomic E-state index is 12.3. The Bertz CT molecular complexity index is 862. The number of amides is 1. The topological polar surface area (TPSA) is 98.3 Å². The average Bonchev–Trinajstić information content (AvgIpc) is 3.09. The van der Waals surface area contributed by atoms with Gasteiger partial charge in [-0.1, -0.05) is 6.92 Å². The molecule has 0 spiro atoms. The molecular formula is C21H34N6O2. The second kappa shape index (κ2) is 8.57. The third kappa shape index (κ3) is 4.63. The Labute approximate surface area is 172 Å². The van der Waals surface area contributed by atoms with Gasteiger partial charge in [-0.15, -0.1) is 0 Å². The maximum atomic E-state index is 12.3. The SMILES string of the molecule is CCc1nc2c(cnn2CC)c(NC2CCN(C(=O)OC(C)(C)C)CC2)c1CN. The molecule has 0 aliphatic carbocycles. The summed E-state index contributed by atoms with van der Waals surface area (Å²) in [6.45, 7) is 12.4. The van der Waals surface area contributed by atoms with Gasteiger partial charge in [-0.2, -0.15) is 5.10 Å². The molecule has 1 aliphatic rings. The molecular weight excluding hydrogens is 368 g/mol. The molecule has 1 saturated heterocycles. The van der Waals surface area contributed by atoms with Crippen molar-refractivity contribution in [1.29, 1.82) is 0 Å². The number of rotatable bonds is 5. The van der Waals surface area contributed by atoms with E-state index in [2.05, 4.69) is 24.3 Å². The maximum Gasteiger partial charge on any atom is 0.410 e. The van der Waals surface area contributed by atoms with E-state index in [1.54, 1.807) is 4.90 Å². The number of carbonyl (C=O) groups is 1. The number of hydrogen-bond acceptors (Lipinski definition) is 6. The number of ether oxygens (including phenoxy) is 1. The molecule has 3 heterocycles. The van der Waals surface area contributed by atoms with Crippen LogP contribution >= 0.6 is 0 Å². The number of pyridine rings is 1. The largest absolute Gasteiger partial charge is 0.444 e. The molecule has 1 fully saturated rings. The van der Waals surface area contributed by atoms with Crippen LogP contribution in [-0.2, 0) is 24.2 Å². The number of aryl methyl sites for hydroxylation is 2. The molecule has 29 heavy (non-hydrogen) atoms. The van der Waals surface area contributed by atoms with Crippen molar-refractivity contribution in [2.24, 2.45) is 5.73 Å². The van der Waals surface area contributed by atoms with E-state index >= 15 is 0 Å². The molecule has 160 valence electrons. The zero-order valence-electron chi connectivity index (χ0n) is 18.3. The van der Waals surface area contributed by atoms with Crippen molar-refractivity contribution in [1.82, 2.24) is 19.7 Å². The fourth-order valence-electron chi connectivity index (χ4n) is 3.82. The van der Waals surface area contributed by atoms with E-state index in [9.17, 15) is 4.79 Å². The van der Waals surface area contributed by atoms with Gasteiger partial charge in [0.25, 0.3) is 0 Å². The molecule has 3 rings (SSSR count). The van der Waals surface area contributed by atoms with Crippen molar-refractivity contribution in [3.05, 3.63) is 17.5 Å². The van der Waals surface area contributed by atoms with E-state index in [0.29, 0.717) is 19.6 Å². The Morgan fingerprint density at radius 3 is 2.55 bits per heavy atom. The molecule has 0 atom stereocenters. The summed E-state index contributed by atoms with van der Waals surface area (Å²) in [5, 5.41) is 9.22. The van der Waals surface area contributed by atoms with E-state index in [-0.39, 0.29) is 12.1 Å². The average molecular weight is 403 g/mol. The van der Waals surface area contributed by atoms with Crippen molar-refractivity contribution < 1.29 is 9.53 Å². The first kappa shape index (κ1) is 21.4. The molecule has 1 aliphatic heterocycles. The third-order valence-electron chi connectivity index (χ3n) is 5.31. The van der Waals surface area contributed by atoms with Gasteiger partial charge in [0.05, 0.1) is 17.3 Å². The molecule has 2 aromatic rings. The Morgan fingerprint density at radius 2 is 2.00 bits per heavy atom. The van der Waals surface area contributed by atoms with Gasteiger partial charge in [0.2, 0.25) is 0 Å². The van der Waals surface area contributed by atoms with Gasteiger partial charge in [-0.3, -0.25) is 0 Å². The highest BCUT2D eigenvalue weighted by atomic mass is 16.6. The highest BCUT2D eigenvalue weighted by Gasteiger charge is 2.28. The number of carbonyl (C=O) groups excluding carboxylic acids is 1. The Balaban J connectivity index is 1.79. The molecule has 0 aromatic carbocycles. The summed E-state index contributed by atoms with van der Waals surface area (Å²) >= 11 is 0. The molecule has 8 nitrogen and oxygen atoms in total. The predicted molar refractivity (Wildman–Crippen MR) is 115 cm³/mol. The van der Waals surface area contributed by atoms with Crippen LogP contribution in [0.2, 0.25) is 0 Å². The standard InChI is InChI=1S/C21H34N6O2/c1-6-17-15(12-22)18(16-13-23-27(7-2)19(16)25-17)24-14-8-10-26(11-9-14)20(28)29-21(3,4)5/h13-14H,6-12,22H2,1-5H3,(H,24,25). The molecule has 2 aromatic heterocycles. The quantitative estimate of drug-likeness (QED) is 0.796. The van der Waals surface area contributed by atoms with Crippen LogP contribution in [0.3, 0.4) is 0 Å². The number of piperidine rings is 1. The predicted octanol–water partition coefficient (Wildman–Crippen LogP) is 3.28. The van der Waals surface area contributed by atoms with E-state index in [1.807, 2.05) is 31.6 Å². The van der Waals surface area contributed by atoms with Gasteiger partial charge in [-0.25, -0.2) is 14.5 Å². The molecule has 0 unspecified atom stereocenters. The Kier molecular flexibility index (Phi) is 6.31. The fraction of sp³-hybridized carbons (Fsp3) is 0.667.